The van der Waals surface area contributed by atoms with Crippen molar-refractivity contribution in [1.29, 1.82) is 0 Å². The van der Waals surface area contributed by atoms with Crippen molar-refractivity contribution in [3.05, 3.63) is 53.8 Å². The number of alkyl halides is 3. The maximum Gasteiger partial charge on any atom is 0.573 e. The highest BCUT2D eigenvalue weighted by Crippen LogP contribution is 2.47. The van der Waals surface area contributed by atoms with Crippen LogP contribution in [-0.4, -0.2) is 31.6 Å². The summed E-state index contributed by atoms with van der Waals surface area (Å²) in [6.45, 7) is 0.783. The normalized spacial score (nSPS) is 19.9. The van der Waals surface area contributed by atoms with E-state index >= 15 is 0 Å². The van der Waals surface area contributed by atoms with Crippen LogP contribution in [0.5, 0.6) is 5.75 Å². The van der Waals surface area contributed by atoms with Gasteiger partial charge in [-0.3, -0.25) is 0 Å². The van der Waals surface area contributed by atoms with Gasteiger partial charge in [-0.05, 0) is 59.6 Å². The Morgan fingerprint density at radius 1 is 1.03 bits per heavy atom. The van der Waals surface area contributed by atoms with E-state index in [0.29, 0.717) is 17.0 Å². The molecule has 0 bridgehead atoms. The highest BCUT2D eigenvalue weighted by molar-refractivity contribution is 8.16. The highest BCUT2D eigenvalue weighted by Gasteiger charge is 2.31. The SMILES string of the molecule is COCCCC1CSC(c2ccc(-c3ccc(OC(F)(F)F)cc3)c(F)c2)SC1. The van der Waals surface area contributed by atoms with Crippen molar-refractivity contribution in [2.45, 2.75) is 23.8 Å². The lowest BCUT2D eigenvalue weighted by Gasteiger charge is -2.28. The number of hydrogen-bond donors (Lipinski definition) is 0. The van der Waals surface area contributed by atoms with Crippen LogP contribution in [0.25, 0.3) is 11.1 Å². The van der Waals surface area contributed by atoms with Gasteiger partial charge in [0.25, 0.3) is 0 Å². The first-order valence-electron chi connectivity index (χ1n) is 9.23. The van der Waals surface area contributed by atoms with Gasteiger partial charge >= 0.3 is 6.36 Å². The van der Waals surface area contributed by atoms with Gasteiger partial charge in [-0.2, -0.15) is 0 Å². The Labute approximate surface area is 176 Å². The number of ether oxygens (including phenoxy) is 2. The third-order valence-electron chi connectivity index (χ3n) is 4.59. The van der Waals surface area contributed by atoms with Crippen LogP contribution in [0.2, 0.25) is 0 Å². The first-order chi connectivity index (χ1) is 13.9. The van der Waals surface area contributed by atoms with Crippen LogP contribution in [0.15, 0.2) is 42.5 Å². The predicted molar refractivity (Wildman–Crippen MR) is 111 cm³/mol. The molecule has 2 nitrogen and oxygen atoms in total. The Balaban J connectivity index is 1.62. The Kier molecular flexibility index (Phi) is 7.76. The van der Waals surface area contributed by atoms with Gasteiger partial charge in [-0.15, -0.1) is 36.7 Å². The van der Waals surface area contributed by atoms with Gasteiger partial charge in [-0.1, -0.05) is 24.3 Å². The number of halogens is 4. The summed E-state index contributed by atoms with van der Waals surface area (Å²) < 4.78 is 60.6. The Bertz CT molecular complexity index is 788. The molecular weight excluding hydrogens is 424 g/mol. The molecule has 0 unspecified atom stereocenters. The first-order valence-corrected chi connectivity index (χ1v) is 11.3. The van der Waals surface area contributed by atoms with Gasteiger partial charge < -0.3 is 9.47 Å². The summed E-state index contributed by atoms with van der Waals surface area (Å²) in [5.74, 6) is 2.04. The smallest absolute Gasteiger partial charge is 0.406 e. The molecule has 0 amide bonds. The average Bonchev–Trinajstić information content (AvgIpc) is 2.68. The largest absolute Gasteiger partial charge is 0.573 e. The molecule has 0 aromatic heterocycles. The van der Waals surface area contributed by atoms with Crippen molar-refractivity contribution < 1.29 is 27.0 Å². The second-order valence-corrected chi connectivity index (χ2v) is 9.39. The predicted octanol–water partition coefficient (Wildman–Crippen LogP) is 6.91. The van der Waals surface area contributed by atoms with Crippen molar-refractivity contribution in [2.24, 2.45) is 5.92 Å². The van der Waals surface area contributed by atoms with E-state index in [1.165, 1.54) is 30.3 Å². The van der Waals surface area contributed by atoms with Crippen LogP contribution in [-0.2, 0) is 4.74 Å². The fourth-order valence-corrected chi connectivity index (χ4v) is 6.31. The van der Waals surface area contributed by atoms with Crippen molar-refractivity contribution in [3.63, 3.8) is 0 Å². The lowest BCUT2D eigenvalue weighted by molar-refractivity contribution is -0.274. The topological polar surface area (TPSA) is 18.5 Å². The Morgan fingerprint density at radius 3 is 2.31 bits per heavy atom. The fourth-order valence-electron chi connectivity index (χ4n) is 3.17. The van der Waals surface area contributed by atoms with Gasteiger partial charge in [0.05, 0.1) is 4.58 Å². The highest BCUT2D eigenvalue weighted by atomic mass is 32.2. The lowest BCUT2D eigenvalue weighted by atomic mass is 10.0. The molecule has 29 heavy (non-hydrogen) atoms. The second-order valence-electron chi connectivity index (χ2n) is 6.81. The van der Waals surface area contributed by atoms with Crippen LogP contribution in [0.3, 0.4) is 0 Å². The quantitative estimate of drug-likeness (QED) is 0.340. The third kappa shape index (κ3) is 6.55. The maximum atomic E-state index is 14.7. The number of benzene rings is 2. The van der Waals surface area contributed by atoms with Crippen LogP contribution in [0.1, 0.15) is 23.0 Å². The van der Waals surface area contributed by atoms with Gasteiger partial charge in [0.1, 0.15) is 11.6 Å². The van der Waals surface area contributed by atoms with Gasteiger partial charge in [0.2, 0.25) is 0 Å². The monoisotopic (exact) mass is 446 g/mol. The second kappa shape index (κ2) is 10.1. The molecule has 1 saturated heterocycles. The molecule has 1 aliphatic rings. The first kappa shape index (κ1) is 22.3. The van der Waals surface area contributed by atoms with E-state index in [1.807, 2.05) is 29.6 Å². The third-order valence-corrected chi connectivity index (χ3v) is 7.89. The van der Waals surface area contributed by atoms with E-state index < -0.39 is 6.36 Å². The standard InChI is InChI=1S/C21H22F4O2S2/c1-26-10-2-3-14-12-28-20(29-13-14)16-6-9-18(19(22)11-16)15-4-7-17(8-5-15)27-21(23,24)25/h4-9,11,14,20H,2-3,10,12-13H2,1H3. The zero-order valence-electron chi connectivity index (χ0n) is 15.9. The van der Waals surface area contributed by atoms with Gasteiger partial charge in [0.15, 0.2) is 0 Å². The van der Waals surface area contributed by atoms with E-state index in [9.17, 15) is 17.6 Å². The van der Waals surface area contributed by atoms with E-state index in [-0.39, 0.29) is 16.1 Å². The molecule has 1 fully saturated rings. The molecule has 1 heterocycles. The van der Waals surface area contributed by atoms with E-state index in [4.69, 9.17) is 4.74 Å². The van der Waals surface area contributed by atoms with Gasteiger partial charge in [-0.25, -0.2) is 4.39 Å². The fraction of sp³-hybridized carbons (Fsp3) is 0.429. The molecule has 2 aromatic rings. The number of thioether (sulfide) groups is 2. The van der Waals surface area contributed by atoms with Crippen LogP contribution >= 0.6 is 23.5 Å². The Morgan fingerprint density at radius 2 is 1.72 bits per heavy atom. The zero-order chi connectivity index (χ0) is 20.9. The molecule has 2 aromatic carbocycles. The molecule has 0 spiro atoms. The molecule has 1 aliphatic heterocycles. The van der Waals surface area contributed by atoms with E-state index in [1.54, 1.807) is 13.2 Å². The molecule has 8 heteroatoms. The lowest BCUT2D eigenvalue weighted by Crippen LogP contribution is -2.16. The molecule has 0 N–H and O–H groups in total. The number of rotatable bonds is 7. The molecule has 158 valence electrons. The minimum atomic E-state index is -4.74. The summed E-state index contributed by atoms with van der Waals surface area (Å²) >= 11 is 3.66. The van der Waals surface area contributed by atoms with Crippen LogP contribution in [0, 0.1) is 11.7 Å². The van der Waals surface area contributed by atoms with Crippen LogP contribution in [0.4, 0.5) is 17.6 Å². The molecule has 0 atom stereocenters. The number of methoxy groups -OCH3 is 1. The van der Waals surface area contributed by atoms with Crippen LogP contribution < -0.4 is 4.74 Å². The molecule has 0 aliphatic carbocycles. The van der Waals surface area contributed by atoms with Crippen molar-refractivity contribution >= 4 is 23.5 Å². The minimum absolute atomic E-state index is 0.194. The van der Waals surface area contributed by atoms with E-state index in [2.05, 4.69) is 4.74 Å². The summed E-state index contributed by atoms with van der Waals surface area (Å²) in [5, 5.41) is 0. The average molecular weight is 447 g/mol. The number of hydrogen-bond acceptors (Lipinski definition) is 4. The summed E-state index contributed by atoms with van der Waals surface area (Å²) in [6, 6.07) is 10.3. The molecule has 3 rings (SSSR count). The summed E-state index contributed by atoms with van der Waals surface area (Å²) in [4.78, 5) is 0. The molecule has 0 saturated carbocycles. The summed E-state index contributed by atoms with van der Waals surface area (Å²) in [5.41, 5.74) is 1.79. The molecule has 0 radical (unpaired) electrons. The molecular formula is C21H22F4O2S2. The summed E-state index contributed by atoms with van der Waals surface area (Å²) in [6.07, 6.45) is -2.54. The van der Waals surface area contributed by atoms with Crippen molar-refractivity contribution in [2.75, 3.05) is 25.2 Å². The minimum Gasteiger partial charge on any atom is -0.406 e. The van der Waals surface area contributed by atoms with Gasteiger partial charge in [0, 0.05) is 19.3 Å². The Hall–Kier alpha value is -1.38. The maximum absolute atomic E-state index is 14.7. The van der Waals surface area contributed by atoms with Crippen molar-refractivity contribution in [1.82, 2.24) is 0 Å². The van der Waals surface area contributed by atoms with E-state index in [0.717, 1.165) is 36.5 Å². The summed E-state index contributed by atoms with van der Waals surface area (Å²) in [7, 11) is 1.71. The zero-order valence-corrected chi connectivity index (χ0v) is 17.5. The van der Waals surface area contributed by atoms with Crippen molar-refractivity contribution in [3.8, 4) is 16.9 Å².